The van der Waals surface area contributed by atoms with Crippen molar-refractivity contribution < 1.29 is 27.8 Å². The monoisotopic (exact) mass is 563 g/mol. The van der Waals surface area contributed by atoms with Gasteiger partial charge >= 0.3 is 5.97 Å². The van der Waals surface area contributed by atoms with Crippen molar-refractivity contribution in [2.75, 3.05) is 19.5 Å². The van der Waals surface area contributed by atoms with Crippen LogP contribution in [0.5, 0.6) is 0 Å². The maximum absolute atomic E-state index is 11.9. The lowest BCUT2D eigenvalue weighted by atomic mass is 9.94. The molecule has 1 fully saturated rings. The topological polar surface area (TPSA) is 103 Å². The number of hydrogen-bond donors (Lipinski definition) is 1. The van der Waals surface area contributed by atoms with Crippen molar-refractivity contribution in [3.63, 3.8) is 0 Å². The molecule has 1 aliphatic heterocycles. The average Bonchev–Trinajstić information content (AvgIpc) is 3.40. The van der Waals surface area contributed by atoms with Crippen LogP contribution in [0, 0.1) is 0 Å². The van der Waals surface area contributed by atoms with Crippen LogP contribution in [-0.4, -0.2) is 43.9 Å². The first kappa shape index (κ1) is 27.0. The first-order chi connectivity index (χ1) is 18.6. The maximum Gasteiger partial charge on any atom is 0.336 e. The van der Waals surface area contributed by atoms with E-state index >= 15 is 0 Å². The van der Waals surface area contributed by atoms with Gasteiger partial charge in [-0.25, -0.2) is 18.2 Å². The van der Waals surface area contributed by atoms with Gasteiger partial charge in [-0.1, -0.05) is 54.1 Å². The molecule has 1 saturated heterocycles. The van der Waals surface area contributed by atoms with E-state index in [1.807, 2.05) is 66.7 Å². The zero-order chi connectivity index (χ0) is 27.6. The van der Waals surface area contributed by atoms with E-state index in [4.69, 9.17) is 21.1 Å². The summed E-state index contributed by atoms with van der Waals surface area (Å²) in [5.41, 5.74) is 3.79. The number of aromatic nitrogens is 1. The fourth-order valence-corrected chi connectivity index (χ4v) is 5.49. The van der Waals surface area contributed by atoms with Crippen molar-refractivity contribution in [3.05, 3.63) is 106 Å². The van der Waals surface area contributed by atoms with E-state index in [9.17, 15) is 18.3 Å². The zero-order valence-electron chi connectivity index (χ0n) is 21.1. The molecule has 200 valence electrons. The Bertz CT molecular complexity index is 1690. The Morgan fingerprint density at radius 2 is 1.79 bits per heavy atom. The molecular weight excluding hydrogens is 538 g/mol. The molecule has 1 aliphatic rings. The predicted molar refractivity (Wildman–Crippen MR) is 151 cm³/mol. The molecule has 0 radical (unpaired) electrons. The van der Waals surface area contributed by atoms with Gasteiger partial charge in [0.15, 0.2) is 15.6 Å². The van der Waals surface area contributed by atoms with Crippen molar-refractivity contribution in [1.82, 2.24) is 4.98 Å². The Labute approximate surface area is 231 Å². The van der Waals surface area contributed by atoms with Crippen LogP contribution < -0.4 is 0 Å². The molecule has 1 N–H and O–H groups in total. The molecule has 5 rings (SSSR count). The molecule has 3 aromatic carbocycles. The average molecular weight is 564 g/mol. The molecule has 0 atom stereocenters. The highest BCUT2D eigenvalue weighted by atomic mass is 35.5. The van der Waals surface area contributed by atoms with Crippen LogP contribution in [0.25, 0.3) is 23.1 Å². The van der Waals surface area contributed by atoms with Gasteiger partial charge in [-0.3, -0.25) is 0 Å². The summed E-state index contributed by atoms with van der Waals surface area (Å²) in [5, 5.41) is 11.4. The number of benzene rings is 3. The Hall–Kier alpha value is -3.56. The number of fused-ring (bicyclic) bond motifs is 1. The van der Waals surface area contributed by atoms with Gasteiger partial charge < -0.3 is 14.6 Å². The summed E-state index contributed by atoms with van der Waals surface area (Å²) in [6, 6.07) is 21.5. The van der Waals surface area contributed by atoms with Crippen LogP contribution in [0.1, 0.15) is 39.2 Å². The highest BCUT2D eigenvalue weighted by molar-refractivity contribution is 7.90. The summed E-state index contributed by atoms with van der Waals surface area (Å²) in [4.78, 5) is 16.5. The van der Waals surface area contributed by atoms with Crippen molar-refractivity contribution >= 4 is 50.5 Å². The second-order valence-electron chi connectivity index (χ2n) is 9.38. The van der Waals surface area contributed by atoms with Gasteiger partial charge in [-0.05, 0) is 60.0 Å². The predicted octanol–water partition coefficient (Wildman–Crippen LogP) is 5.99. The minimum absolute atomic E-state index is 0.0322. The van der Waals surface area contributed by atoms with Gasteiger partial charge in [0.05, 0.1) is 34.9 Å². The number of carboxylic acid groups (broad SMARTS) is 1. The molecule has 0 saturated carbocycles. The standard InChI is InChI=1S/C30H26ClNO6S/c1-39(35,36)26-12-8-21(27(19-26)29(33)34)13-14-30(37-15-16-38-30)23-4-2-3-20(17-23)5-10-25-11-7-22-6-9-24(31)18-28(22)32-25/h2-12,17-19H,13-16H2,1H3,(H,33,34)/b10-5+. The number of aromatic carboxylic acids is 1. The molecule has 0 aliphatic carbocycles. The first-order valence-electron chi connectivity index (χ1n) is 12.3. The van der Waals surface area contributed by atoms with Crippen molar-refractivity contribution in [2.24, 2.45) is 0 Å². The van der Waals surface area contributed by atoms with E-state index in [0.29, 0.717) is 36.6 Å². The highest BCUT2D eigenvalue weighted by Crippen LogP contribution is 2.37. The fraction of sp³-hybridized carbons (Fsp3) is 0.200. The number of aryl methyl sites for hydroxylation is 1. The summed E-state index contributed by atoms with van der Waals surface area (Å²) in [5.74, 6) is -2.23. The third kappa shape index (κ3) is 6.04. The number of nitrogens with zero attached hydrogens (tertiary/aromatic N) is 1. The summed E-state index contributed by atoms with van der Waals surface area (Å²) in [7, 11) is -3.53. The van der Waals surface area contributed by atoms with Crippen molar-refractivity contribution in [1.29, 1.82) is 0 Å². The number of pyridine rings is 1. The summed E-state index contributed by atoms with van der Waals surface area (Å²) < 4.78 is 36.0. The van der Waals surface area contributed by atoms with Gasteiger partial charge in [0.2, 0.25) is 0 Å². The smallest absolute Gasteiger partial charge is 0.336 e. The van der Waals surface area contributed by atoms with Gasteiger partial charge in [0.1, 0.15) is 0 Å². The largest absolute Gasteiger partial charge is 0.478 e. The Morgan fingerprint density at radius 3 is 2.54 bits per heavy atom. The van der Waals surface area contributed by atoms with Crippen molar-refractivity contribution in [2.45, 2.75) is 23.5 Å². The van der Waals surface area contributed by atoms with E-state index in [-0.39, 0.29) is 10.5 Å². The van der Waals surface area contributed by atoms with Crippen LogP contribution in [0.3, 0.4) is 0 Å². The number of hydrogen-bond acceptors (Lipinski definition) is 6. The van der Waals surface area contributed by atoms with Crippen LogP contribution in [-0.2, 0) is 31.5 Å². The third-order valence-corrected chi connectivity index (χ3v) is 8.01. The molecule has 4 aromatic rings. The van der Waals surface area contributed by atoms with Crippen LogP contribution in [0.15, 0.2) is 77.7 Å². The van der Waals surface area contributed by atoms with Crippen LogP contribution >= 0.6 is 11.6 Å². The minimum atomic E-state index is -3.53. The molecule has 9 heteroatoms. The van der Waals surface area contributed by atoms with E-state index in [1.165, 1.54) is 12.1 Å². The number of carbonyl (C=O) groups is 1. The van der Waals surface area contributed by atoms with E-state index < -0.39 is 21.6 Å². The maximum atomic E-state index is 11.9. The number of halogens is 1. The second-order valence-corrected chi connectivity index (χ2v) is 11.8. The lowest BCUT2D eigenvalue weighted by Crippen LogP contribution is -2.28. The van der Waals surface area contributed by atoms with Gasteiger partial charge in [0, 0.05) is 28.6 Å². The van der Waals surface area contributed by atoms with E-state index in [0.717, 1.165) is 34.0 Å². The first-order valence-corrected chi connectivity index (χ1v) is 14.6. The Morgan fingerprint density at radius 1 is 1.03 bits per heavy atom. The van der Waals surface area contributed by atoms with Crippen molar-refractivity contribution in [3.8, 4) is 0 Å². The van der Waals surface area contributed by atoms with E-state index in [2.05, 4.69) is 4.98 Å². The van der Waals surface area contributed by atoms with Gasteiger partial charge in [-0.15, -0.1) is 0 Å². The quantitative estimate of drug-likeness (QED) is 0.281. The lowest BCUT2D eigenvalue weighted by molar-refractivity contribution is -0.170. The number of ether oxygens (including phenoxy) is 2. The summed E-state index contributed by atoms with van der Waals surface area (Å²) >= 11 is 6.12. The number of sulfone groups is 1. The SMILES string of the molecule is CS(=O)(=O)c1ccc(CCC2(c3cccc(/C=C/c4ccc5ccc(Cl)cc5n4)c3)OCCO2)c(C(=O)O)c1. The number of rotatable bonds is 8. The normalized spacial score (nSPS) is 15.2. The zero-order valence-corrected chi connectivity index (χ0v) is 22.7. The van der Waals surface area contributed by atoms with Crippen LogP contribution in [0.4, 0.5) is 0 Å². The van der Waals surface area contributed by atoms with Gasteiger partial charge in [0.25, 0.3) is 0 Å². The second kappa shape index (κ2) is 10.9. The molecule has 0 unspecified atom stereocenters. The highest BCUT2D eigenvalue weighted by Gasteiger charge is 2.38. The molecule has 0 bridgehead atoms. The molecule has 1 aromatic heterocycles. The summed E-state index contributed by atoms with van der Waals surface area (Å²) in [6.07, 6.45) is 5.60. The molecule has 0 amide bonds. The number of carboxylic acids is 1. The molecule has 2 heterocycles. The Kier molecular flexibility index (Phi) is 7.55. The third-order valence-electron chi connectivity index (χ3n) is 6.67. The molecular formula is C30H26ClNO6S. The molecule has 39 heavy (non-hydrogen) atoms. The Balaban J connectivity index is 1.39. The minimum Gasteiger partial charge on any atom is -0.478 e. The van der Waals surface area contributed by atoms with E-state index in [1.54, 1.807) is 6.07 Å². The fourth-order valence-electron chi connectivity index (χ4n) is 4.67. The summed E-state index contributed by atoms with van der Waals surface area (Å²) in [6.45, 7) is 0.810. The van der Waals surface area contributed by atoms with Gasteiger partial charge in [-0.2, -0.15) is 0 Å². The molecule has 7 nitrogen and oxygen atoms in total. The molecule has 0 spiro atoms. The lowest BCUT2D eigenvalue weighted by Gasteiger charge is -2.28. The van der Waals surface area contributed by atoms with Crippen LogP contribution in [0.2, 0.25) is 5.02 Å².